The van der Waals surface area contributed by atoms with E-state index in [2.05, 4.69) is 4.65 Å². The summed E-state index contributed by atoms with van der Waals surface area (Å²) in [5, 5.41) is 25.4. The minimum Gasteiger partial charge on any atom is -0.481 e. The molecule has 0 saturated carbocycles. The molecule has 8 heteroatoms. The first kappa shape index (κ1) is 12.1. The summed E-state index contributed by atoms with van der Waals surface area (Å²) in [6.45, 7) is 0. The Balaban J connectivity index is 3.18. The molecule has 0 saturated heterocycles. The number of carboxylic acid groups (broad SMARTS) is 1. The molecule has 0 fully saturated rings. The van der Waals surface area contributed by atoms with E-state index in [1.807, 2.05) is 0 Å². The summed E-state index contributed by atoms with van der Waals surface area (Å²) in [6.07, 6.45) is 0. The van der Waals surface area contributed by atoms with Crippen LogP contribution in [-0.2, 0) is 4.65 Å². The summed E-state index contributed by atoms with van der Waals surface area (Å²) in [5.74, 6) is -4.11. The maximum Gasteiger partial charge on any atom is 0.709 e. The van der Waals surface area contributed by atoms with Gasteiger partial charge in [-0.3, -0.25) is 0 Å². The Morgan fingerprint density at radius 1 is 1.31 bits per heavy atom. The molecule has 1 aromatic carbocycles. The highest BCUT2D eigenvalue weighted by atomic mass is 19.1. The van der Waals surface area contributed by atoms with Gasteiger partial charge in [0.2, 0.25) is 0 Å². The van der Waals surface area contributed by atoms with Gasteiger partial charge in [0.15, 0.2) is 0 Å². The van der Waals surface area contributed by atoms with Gasteiger partial charge in [-0.25, -0.2) is 14.0 Å². The molecule has 0 heterocycles. The Bertz CT molecular complexity index is 433. The summed E-state index contributed by atoms with van der Waals surface area (Å²) in [6, 6.07) is 2.95. The number of hydrogen-bond acceptors (Lipinski definition) is 5. The van der Waals surface area contributed by atoms with E-state index in [0.29, 0.717) is 0 Å². The molecule has 0 amide bonds. The Labute approximate surface area is 89.1 Å². The van der Waals surface area contributed by atoms with Crippen LogP contribution >= 0.6 is 0 Å². The van der Waals surface area contributed by atoms with Crippen LogP contribution in [0.3, 0.4) is 0 Å². The zero-order valence-electron chi connectivity index (χ0n) is 7.75. The van der Waals surface area contributed by atoms with E-state index >= 15 is 0 Å². The van der Waals surface area contributed by atoms with E-state index in [1.54, 1.807) is 0 Å². The van der Waals surface area contributed by atoms with Crippen molar-refractivity contribution in [3.63, 3.8) is 0 Å². The van der Waals surface area contributed by atoms with Crippen LogP contribution in [0.5, 0.6) is 0 Å². The van der Waals surface area contributed by atoms with Crippen molar-refractivity contribution in [2.75, 3.05) is 0 Å². The van der Waals surface area contributed by atoms with Gasteiger partial charge in [-0.15, -0.1) is 0 Å². The largest absolute Gasteiger partial charge is 0.709 e. The molecule has 0 spiro atoms. The predicted molar refractivity (Wildman–Crippen MR) is 49.0 cm³/mol. The SMILES string of the molecule is O=C(OB(O)O)c1cccc(F)c1C(=O)O. The maximum absolute atomic E-state index is 13.1. The number of rotatable bonds is 3. The maximum atomic E-state index is 13.1. The highest BCUT2D eigenvalue weighted by Gasteiger charge is 2.25. The summed E-state index contributed by atoms with van der Waals surface area (Å²) in [7, 11) is -2.39. The van der Waals surface area contributed by atoms with Crippen LogP contribution in [0.15, 0.2) is 18.2 Å². The standard InChI is InChI=1S/C8H6BFO6/c10-5-3-1-2-4(6(5)7(11)12)8(13)16-9(14)15/h1-3,14-15H,(H,11,12). The minimum absolute atomic E-state index is 0.597. The van der Waals surface area contributed by atoms with Gasteiger partial charge in [0.05, 0.1) is 5.56 Å². The Morgan fingerprint density at radius 2 is 1.94 bits per heavy atom. The van der Waals surface area contributed by atoms with Crippen LogP contribution in [-0.4, -0.2) is 34.4 Å². The van der Waals surface area contributed by atoms with Crippen molar-refractivity contribution in [1.82, 2.24) is 0 Å². The molecule has 0 aliphatic rings. The molecule has 84 valence electrons. The normalized spacial score (nSPS) is 9.69. The summed E-state index contributed by atoms with van der Waals surface area (Å²) in [5.41, 5.74) is -1.48. The minimum atomic E-state index is -2.39. The molecule has 0 bridgehead atoms. The quantitative estimate of drug-likeness (QED) is 0.610. The van der Waals surface area contributed by atoms with Gasteiger partial charge in [-0.05, 0) is 12.1 Å². The lowest BCUT2D eigenvalue weighted by Crippen LogP contribution is -2.23. The Morgan fingerprint density at radius 3 is 2.44 bits per heavy atom. The predicted octanol–water partition coefficient (Wildman–Crippen LogP) is -0.350. The van der Waals surface area contributed by atoms with Crippen molar-refractivity contribution in [3.05, 3.63) is 35.1 Å². The van der Waals surface area contributed by atoms with Crippen LogP contribution in [0.2, 0.25) is 0 Å². The van der Waals surface area contributed by atoms with Crippen LogP contribution in [0, 0.1) is 5.82 Å². The molecule has 1 rings (SSSR count). The highest BCUT2D eigenvalue weighted by Crippen LogP contribution is 2.14. The van der Waals surface area contributed by atoms with E-state index in [0.717, 1.165) is 18.2 Å². The van der Waals surface area contributed by atoms with Crippen LogP contribution < -0.4 is 0 Å². The topological polar surface area (TPSA) is 104 Å². The van der Waals surface area contributed by atoms with E-state index in [4.69, 9.17) is 15.2 Å². The zero-order valence-corrected chi connectivity index (χ0v) is 7.75. The number of carbonyl (C=O) groups is 2. The monoisotopic (exact) mass is 228 g/mol. The van der Waals surface area contributed by atoms with Crippen molar-refractivity contribution < 1.29 is 33.8 Å². The van der Waals surface area contributed by atoms with Gasteiger partial charge < -0.3 is 19.8 Å². The molecule has 0 unspecified atom stereocenters. The molecule has 0 aromatic heterocycles. The highest BCUT2D eigenvalue weighted by molar-refractivity contribution is 6.36. The van der Waals surface area contributed by atoms with E-state index < -0.39 is 36.2 Å². The molecule has 1 aromatic rings. The lowest BCUT2D eigenvalue weighted by Gasteiger charge is -2.06. The smallest absolute Gasteiger partial charge is 0.481 e. The zero-order chi connectivity index (χ0) is 12.3. The van der Waals surface area contributed by atoms with Crippen molar-refractivity contribution in [2.45, 2.75) is 0 Å². The average molecular weight is 228 g/mol. The van der Waals surface area contributed by atoms with Crippen molar-refractivity contribution in [3.8, 4) is 0 Å². The van der Waals surface area contributed by atoms with Crippen molar-refractivity contribution >= 4 is 19.3 Å². The number of carboxylic acids is 1. The number of hydrogen-bond donors (Lipinski definition) is 3. The van der Waals surface area contributed by atoms with Crippen LogP contribution in [0.25, 0.3) is 0 Å². The fourth-order valence-corrected chi connectivity index (χ4v) is 1.07. The Kier molecular flexibility index (Phi) is 3.59. The first-order valence-corrected chi connectivity index (χ1v) is 4.02. The summed E-state index contributed by atoms with van der Waals surface area (Å²) >= 11 is 0. The molecule has 3 N–H and O–H groups in total. The third-order valence-corrected chi connectivity index (χ3v) is 1.66. The summed E-state index contributed by atoms with van der Waals surface area (Å²) in [4.78, 5) is 21.8. The molecular formula is C8H6BFO6. The van der Waals surface area contributed by atoms with E-state index in [-0.39, 0.29) is 0 Å². The first-order valence-electron chi connectivity index (χ1n) is 4.02. The average Bonchev–Trinajstić information content (AvgIpc) is 2.15. The van der Waals surface area contributed by atoms with Crippen molar-refractivity contribution in [1.29, 1.82) is 0 Å². The van der Waals surface area contributed by atoms with Gasteiger partial charge in [0.1, 0.15) is 11.4 Å². The molecular weight excluding hydrogens is 222 g/mol. The third-order valence-electron chi connectivity index (χ3n) is 1.66. The second-order valence-electron chi connectivity index (χ2n) is 2.70. The van der Waals surface area contributed by atoms with E-state index in [1.165, 1.54) is 0 Å². The van der Waals surface area contributed by atoms with Gasteiger partial charge in [-0.2, -0.15) is 0 Å². The fourth-order valence-electron chi connectivity index (χ4n) is 1.07. The van der Waals surface area contributed by atoms with Gasteiger partial charge in [0.25, 0.3) is 0 Å². The Hall–Kier alpha value is -1.93. The van der Waals surface area contributed by atoms with Crippen molar-refractivity contribution in [2.24, 2.45) is 0 Å². The lowest BCUT2D eigenvalue weighted by atomic mass is 10.1. The third kappa shape index (κ3) is 2.56. The molecule has 6 nitrogen and oxygen atoms in total. The lowest BCUT2D eigenvalue weighted by molar-refractivity contribution is 0.0616. The van der Waals surface area contributed by atoms with Gasteiger partial charge >= 0.3 is 19.3 Å². The first-order chi connectivity index (χ1) is 7.43. The number of benzene rings is 1. The number of halogens is 1. The van der Waals surface area contributed by atoms with Gasteiger partial charge in [0, 0.05) is 0 Å². The second kappa shape index (κ2) is 4.73. The number of carbonyl (C=O) groups excluding carboxylic acids is 1. The van der Waals surface area contributed by atoms with Gasteiger partial charge in [-0.1, -0.05) is 6.07 Å². The fraction of sp³-hybridized carbons (Fsp3) is 0. The molecule has 0 radical (unpaired) electrons. The molecule has 16 heavy (non-hydrogen) atoms. The van der Waals surface area contributed by atoms with E-state index in [9.17, 15) is 14.0 Å². The molecule has 0 aliphatic carbocycles. The summed E-state index contributed by atoms with van der Waals surface area (Å²) < 4.78 is 17.0. The molecule has 0 atom stereocenters. The molecule has 0 aliphatic heterocycles. The van der Waals surface area contributed by atoms with Crippen LogP contribution in [0.1, 0.15) is 20.7 Å². The second-order valence-corrected chi connectivity index (χ2v) is 2.70. The van der Waals surface area contributed by atoms with Crippen LogP contribution in [0.4, 0.5) is 4.39 Å². The number of aromatic carboxylic acids is 1.